The highest BCUT2D eigenvalue weighted by atomic mass is 16.5. The molecule has 1 heterocycles. The molecule has 0 aromatic heterocycles. The minimum Gasteiger partial charge on any atom is -0.482 e. The van der Waals surface area contributed by atoms with E-state index in [4.69, 9.17) is 15.9 Å². The van der Waals surface area contributed by atoms with Crippen LogP contribution in [-0.4, -0.2) is 25.0 Å². The van der Waals surface area contributed by atoms with Crippen LogP contribution >= 0.6 is 0 Å². The van der Waals surface area contributed by atoms with Crippen LogP contribution in [0.4, 0.5) is 5.69 Å². The number of terminal acetylenes is 1. The van der Waals surface area contributed by atoms with Crippen LogP contribution in [0, 0.1) is 19.3 Å². The normalized spacial score (nSPS) is 13.1. The highest BCUT2D eigenvalue weighted by Crippen LogP contribution is 2.31. The molecule has 0 bridgehead atoms. The number of fused-ring (bicyclic) bond motifs is 1. The number of benzene rings is 2. The van der Waals surface area contributed by atoms with E-state index in [0.29, 0.717) is 17.2 Å². The van der Waals surface area contributed by atoms with Gasteiger partial charge in [-0.15, -0.1) is 6.42 Å². The zero-order valence-electron chi connectivity index (χ0n) is 14.3. The van der Waals surface area contributed by atoms with E-state index in [0.717, 1.165) is 16.0 Å². The number of amides is 2. The summed E-state index contributed by atoms with van der Waals surface area (Å²) in [4.78, 5) is 25.8. The third-order valence-electron chi connectivity index (χ3n) is 3.86. The third-order valence-corrected chi connectivity index (χ3v) is 3.86. The van der Waals surface area contributed by atoms with Gasteiger partial charge in [0, 0.05) is 6.08 Å². The maximum absolute atomic E-state index is 12.6. The fraction of sp³-hybridized carbons (Fsp3) is 0.143. The Morgan fingerprint density at radius 2 is 2.15 bits per heavy atom. The molecule has 0 spiro atoms. The second-order valence-electron chi connectivity index (χ2n) is 5.67. The predicted molar refractivity (Wildman–Crippen MR) is 99.0 cm³/mol. The average Bonchev–Trinajstić information content (AvgIpc) is 2.65. The van der Waals surface area contributed by atoms with Crippen LogP contribution in [0.5, 0.6) is 11.5 Å². The molecule has 2 aromatic carbocycles. The van der Waals surface area contributed by atoms with Gasteiger partial charge in [-0.3, -0.25) is 9.59 Å². The van der Waals surface area contributed by atoms with Crippen molar-refractivity contribution in [2.75, 3.05) is 18.1 Å². The highest BCUT2D eigenvalue weighted by Gasteiger charge is 2.29. The quantitative estimate of drug-likeness (QED) is 0.630. The highest BCUT2D eigenvalue weighted by molar-refractivity contribution is 6.21. The summed E-state index contributed by atoms with van der Waals surface area (Å²) < 4.78 is 10.8. The molecule has 130 valence electrons. The molecule has 0 saturated carbocycles. The van der Waals surface area contributed by atoms with Crippen LogP contribution in [-0.2, 0) is 9.59 Å². The fourth-order valence-corrected chi connectivity index (χ4v) is 2.64. The molecule has 0 radical (unpaired) electrons. The number of ether oxygens (including phenoxy) is 2. The lowest BCUT2D eigenvalue weighted by Crippen LogP contribution is -2.42. The van der Waals surface area contributed by atoms with Gasteiger partial charge in [-0.05, 0) is 48.4 Å². The summed E-state index contributed by atoms with van der Waals surface area (Å²) in [6.07, 6.45) is 8.22. The fourth-order valence-electron chi connectivity index (χ4n) is 2.64. The van der Waals surface area contributed by atoms with Gasteiger partial charge in [0.2, 0.25) is 0 Å². The Morgan fingerprint density at radius 3 is 2.92 bits per heavy atom. The molecule has 26 heavy (non-hydrogen) atoms. The van der Waals surface area contributed by atoms with E-state index in [1.165, 1.54) is 6.08 Å². The molecule has 2 aromatic rings. The van der Waals surface area contributed by atoms with Crippen molar-refractivity contribution in [2.24, 2.45) is 0 Å². The molecule has 0 saturated heterocycles. The molecule has 3 rings (SSSR count). The summed E-state index contributed by atoms with van der Waals surface area (Å²) in [6.45, 7) is 1.94. The molecular weight excluding hydrogens is 330 g/mol. The van der Waals surface area contributed by atoms with E-state index in [-0.39, 0.29) is 13.2 Å². The van der Waals surface area contributed by atoms with Crippen LogP contribution in [0.15, 0.2) is 48.5 Å². The summed E-state index contributed by atoms with van der Waals surface area (Å²) >= 11 is 0. The van der Waals surface area contributed by atoms with Gasteiger partial charge < -0.3 is 9.47 Å². The molecule has 5 nitrogen and oxygen atoms in total. The van der Waals surface area contributed by atoms with E-state index in [9.17, 15) is 9.59 Å². The summed E-state index contributed by atoms with van der Waals surface area (Å²) in [5.74, 6) is 2.81. The van der Waals surface area contributed by atoms with Crippen LogP contribution < -0.4 is 14.4 Å². The number of nitrogens with zero attached hydrogens (tertiary/aromatic N) is 1. The Labute approximate surface area is 151 Å². The van der Waals surface area contributed by atoms with Crippen LogP contribution in [0.3, 0.4) is 0 Å². The number of aryl methyl sites for hydroxylation is 1. The first kappa shape index (κ1) is 17.3. The van der Waals surface area contributed by atoms with E-state index < -0.39 is 11.8 Å². The number of imide groups is 1. The van der Waals surface area contributed by atoms with Crippen molar-refractivity contribution < 1.29 is 19.1 Å². The summed E-state index contributed by atoms with van der Waals surface area (Å²) in [5, 5.41) is 0. The van der Waals surface area contributed by atoms with Crippen molar-refractivity contribution in [3.8, 4) is 23.8 Å². The number of carbonyl (C=O) groups is 2. The first-order valence-corrected chi connectivity index (χ1v) is 8.04. The van der Waals surface area contributed by atoms with Gasteiger partial charge in [-0.1, -0.05) is 24.1 Å². The van der Waals surface area contributed by atoms with Crippen LogP contribution in [0.25, 0.3) is 6.08 Å². The second-order valence-corrected chi connectivity index (χ2v) is 5.67. The van der Waals surface area contributed by atoms with Crippen molar-refractivity contribution in [1.82, 2.24) is 0 Å². The second kappa shape index (κ2) is 7.58. The minimum atomic E-state index is -0.420. The zero-order valence-corrected chi connectivity index (χ0v) is 14.3. The van der Waals surface area contributed by atoms with E-state index in [1.807, 2.05) is 19.1 Å². The van der Waals surface area contributed by atoms with Gasteiger partial charge in [-0.25, -0.2) is 4.90 Å². The molecule has 0 N–H and O–H groups in total. The molecule has 0 fully saturated rings. The van der Waals surface area contributed by atoms with Gasteiger partial charge in [0.1, 0.15) is 18.1 Å². The number of hydrogen-bond acceptors (Lipinski definition) is 4. The van der Waals surface area contributed by atoms with E-state index in [1.54, 1.807) is 36.4 Å². The molecule has 0 atom stereocenters. The predicted octanol–water partition coefficient (Wildman–Crippen LogP) is 2.97. The summed E-state index contributed by atoms with van der Waals surface area (Å²) in [5.41, 5.74) is 2.17. The minimum absolute atomic E-state index is 0.156. The summed E-state index contributed by atoms with van der Waals surface area (Å²) in [6, 6.07) is 12.4. The Morgan fingerprint density at radius 1 is 1.35 bits per heavy atom. The van der Waals surface area contributed by atoms with Crippen molar-refractivity contribution >= 4 is 23.6 Å². The van der Waals surface area contributed by atoms with E-state index in [2.05, 4.69) is 5.92 Å². The number of carbonyl (C=O) groups excluding carboxylic acids is 2. The third kappa shape index (κ3) is 3.60. The van der Waals surface area contributed by atoms with Gasteiger partial charge in [0.15, 0.2) is 6.61 Å². The SMILES string of the molecule is C#CCOc1ccc(/C=C/C(=O)N2C(=O)COc3ccccc32)cc1C. The molecule has 5 heteroatoms. The van der Waals surface area contributed by atoms with Crippen LogP contribution in [0.2, 0.25) is 0 Å². The molecular formula is C21H17NO4. The lowest BCUT2D eigenvalue weighted by molar-refractivity contribution is -0.126. The van der Waals surface area contributed by atoms with Gasteiger partial charge in [0.25, 0.3) is 11.8 Å². The van der Waals surface area contributed by atoms with E-state index >= 15 is 0 Å². The smallest absolute Gasteiger partial charge is 0.272 e. The Hall–Kier alpha value is -3.52. The Balaban J connectivity index is 1.79. The zero-order chi connectivity index (χ0) is 18.5. The van der Waals surface area contributed by atoms with Crippen molar-refractivity contribution in [1.29, 1.82) is 0 Å². The topological polar surface area (TPSA) is 55.8 Å². The standard InChI is InChI=1S/C21H17NO4/c1-3-12-25-18-10-8-16(13-15(18)2)9-11-20(23)22-17-6-4-5-7-19(17)26-14-21(22)24/h1,4-11,13H,12,14H2,2H3/b11-9+. The largest absolute Gasteiger partial charge is 0.482 e. The lowest BCUT2D eigenvalue weighted by Gasteiger charge is -2.26. The van der Waals surface area contributed by atoms with Crippen LogP contribution in [0.1, 0.15) is 11.1 Å². The maximum atomic E-state index is 12.6. The molecule has 0 unspecified atom stereocenters. The van der Waals surface area contributed by atoms with Gasteiger partial charge in [-0.2, -0.15) is 0 Å². The number of para-hydroxylation sites is 2. The first-order chi connectivity index (χ1) is 12.6. The van der Waals surface area contributed by atoms with Crippen molar-refractivity contribution in [3.63, 3.8) is 0 Å². The average molecular weight is 347 g/mol. The Kier molecular flexibility index (Phi) is 5.04. The monoisotopic (exact) mass is 347 g/mol. The van der Waals surface area contributed by atoms with Crippen molar-refractivity contribution in [3.05, 3.63) is 59.7 Å². The number of rotatable bonds is 4. The first-order valence-electron chi connectivity index (χ1n) is 8.04. The lowest BCUT2D eigenvalue weighted by atomic mass is 10.1. The number of anilines is 1. The van der Waals surface area contributed by atoms with Gasteiger partial charge >= 0.3 is 0 Å². The van der Waals surface area contributed by atoms with Crippen molar-refractivity contribution in [2.45, 2.75) is 6.92 Å². The van der Waals surface area contributed by atoms with Gasteiger partial charge in [0.05, 0.1) is 5.69 Å². The molecule has 2 amide bonds. The Bertz CT molecular complexity index is 924. The molecule has 0 aliphatic carbocycles. The summed E-state index contributed by atoms with van der Waals surface area (Å²) in [7, 11) is 0. The molecule has 1 aliphatic heterocycles. The maximum Gasteiger partial charge on any atom is 0.272 e. The molecule has 1 aliphatic rings. The number of hydrogen-bond donors (Lipinski definition) is 0.